The summed E-state index contributed by atoms with van der Waals surface area (Å²) in [7, 11) is 1.58. The lowest BCUT2D eigenvalue weighted by molar-refractivity contribution is -0.116. The van der Waals surface area contributed by atoms with Gasteiger partial charge < -0.3 is 15.4 Å². The molecule has 0 fully saturated rings. The van der Waals surface area contributed by atoms with Crippen molar-refractivity contribution in [1.29, 1.82) is 0 Å². The zero-order chi connectivity index (χ0) is 22.8. The molecule has 0 spiro atoms. The fraction of sp³-hybridized carbons (Fsp3) is 0.292. The summed E-state index contributed by atoms with van der Waals surface area (Å²) in [6, 6.07) is 15.2. The minimum atomic E-state index is -0.125. The first-order valence-corrected chi connectivity index (χ1v) is 12.3. The molecule has 8 heteroatoms. The van der Waals surface area contributed by atoms with Crippen LogP contribution in [0.1, 0.15) is 31.0 Å². The first-order chi connectivity index (χ1) is 15.6. The largest absolute Gasteiger partial charge is 0.497 e. The summed E-state index contributed by atoms with van der Waals surface area (Å²) in [6.07, 6.45) is 3.59. The number of benzene rings is 2. The Morgan fingerprint density at radius 3 is 2.59 bits per heavy atom. The standard InChI is InChI=1S/C24H27N3O3S2/c1-3-4-6-17-9-11-18(12-10-17)25-22(28)14-20-15-31-24(27-20)32-16-23(29)26-19-7-5-8-21(13-19)30-2/h5,7-13,15H,3-4,6,14,16H2,1-2H3,(H,25,28)(H,26,29). The van der Waals surface area contributed by atoms with Crippen molar-refractivity contribution < 1.29 is 14.3 Å². The predicted molar refractivity (Wildman–Crippen MR) is 132 cm³/mol. The van der Waals surface area contributed by atoms with E-state index in [0.29, 0.717) is 17.1 Å². The van der Waals surface area contributed by atoms with Gasteiger partial charge >= 0.3 is 0 Å². The van der Waals surface area contributed by atoms with Crippen LogP contribution >= 0.6 is 23.1 Å². The van der Waals surface area contributed by atoms with Crippen LogP contribution in [-0.4, -0.2) is 29.7 Å². The Hall–Kier alpha value is -2.84. The molecule has 3 rings (SSSR count). The van der Waals surface area contributed by atoms with Crippen molar-refractivity contribution in [2.24, 2.45) is 0 Å². The number of nitrogens with zero attached hydrogens (tertiary/aromatic N) is 1. The van der Waals surface area contributed by atoms with Crippen LogP contribution in [0.2, 0.25) is 0 Å². The molecule has 1 heterocycles. The number of unbranched alkanes of at least 4 members (excludes halogenated alkanes) is 1. The van der Waals surface area contributed by atoms with Crippen LogP contribution in [0.25, 0.3) is 0 Å². The summed E-state index contributed by atoms with van der Waals surface area (Å²) in [6.45, 7) is 2.17. The van der Waals surface area contributed by atoms with Crippen LogP contribution in [0.3, 0.4) is 0 Å². The molecule has 1 aromatic heterocycles. The van der Waals surface area contributed by atoms with Gasteiger partial charge in [-0.05, 0) is 42.7 Å². The van der Waals surface area contributed by atoms with Crippen molar-refractivity contribution >= 4 is 46.3 Å². The molecule has 0 aliphatic carbocycles. The van der Waals surface area contributed by atoms with Crippen LogP contribution in [0.5, 0.6) is 5.75 Å². The third-order valence-electron chi connectivity index (χ3n) is 4.61. The Balaban J connectivity index is 1.43. The second-order valence-electron chi connectivity index (χ2n) is 7.20. The summed E-state index contributed by atoms with van der Waals surface area (Å²) in [5.41, 5.74) is 3.45. The summed E-state index contributed by atoms with van der Waals surface area (Å²) in [4.78, 5) is 29.0. The molecule has 0 saturated heterocycles. The normalized spacial score (nSPS) is 10.6. The molecule has 0 radical (unpaired) electrons. The van der Waals surface area contributed by atoms with Gasteiger partial charge in [0.15, 0.2) is 4.34 Å². The first kappa shape index (κ1) is 23.8. The van der Waals surface area contributed by atoms with E-state index in [1.54, 1.807) is 13.2 Å². The number of anilines is 2. The number of nitrogens with one attached hydrogen (secondary N) is 2. The van der Waals surface area contributed by atoms with Crippen molar-refractivity contribution in [2.75, 3.05) is 23.5 Å². The van der Waals surface area contributed by atoms with E-state index in [4.69, 9.17) is 4.74 Å². The van der Waals surface area contributed by atoms with E-state index in [9.17, 15) is 9.59 Å². The minimum absolute atomic E-state index is 0.107. The molecule has 2 aromatic carbocycles. The van der Waals surface area contributed by atoms with Crippen molar-refractivity contribution in [2.45, 2.75) is 36.9 Å². The van der Waals surface area contributed by atoms with Crippen molar-refractivity contribution in [3.63, 3.8) is 0 Å². The number of carbonyl (C=O) groups excluding carboxylic acids is 2. The van der Waals surface area contributed by atoms with Gasteiger partial charge in [-0.3, -0.25) is 9.59 Å². The Morgan fingerprint density at radius 1 is 1.06 bits per heavy atom. The van der Waals surface area contributed by atoms with Crippen LogP contribution < -0.4 is 15.4 Å². The smallest absolute Gasteiger partial charge is 0.234 e. The van der Waals surface area contributed by atoms with E-state index in [2.05, 4.69) is 34.7 Å². The van der Waals surface area contributed by atoms with Crippen molar-refractivity contribution in [1.82, 2.24) is 4.98 Å². The monoisotopic (exact) mass is 469 g/mol. The number of thioether (sulfide) groups is 1. The number of amides is 2. The third-order valence-corrected chi connectivity index (χ3v) is 6.68. The molecular formula is C24H27N3O3S2. The van der Waals surface area contributed by atoms with E-state index in [0.717, 1.165) is 16.4 Å². The topological polar surface area (TPSA) is 80.3 Å². The maximum atomic E-state index is 12.3. The SMILES string of the molecule is CCCCc1ccc(NC(=O)Cc2csc(SCC(=O)Nc3cccc(OC)c3)n2)cc1. The number of ether oxygens (including phenoxy) is 1. The first-order valence-electron chi connectivity index (χ1n) is 10.5. The molecule has 0 aliphatic rings. The molecule has 168 valence electrons. The average Bonchev–Trinajstić information content (AvgIpc) is 3.24. The summed E-state index contributed by atoms with van der Waals surface area (Å²) in [5, 5.41) is 7.61. The number of methoxy groups -OCH3 is 1. The highest BCUT2D eigenvalue weighted by Crippen LogP contribution is 2.24. The molecule has 0 unspecified atom stereocenters. The summed E-state index contributed by atoms with van der Waals surface area (Å²) in [5.74, 6) is 0.690. The van der Waals surface area contributed by atoms with Crippen molar-refractivity contribution in [3.8, 4) is 5.75 Å². The molecule has 0 saturated carbocycles. The van der Waals surface area contributed by atoms with Gasteiger partial charge in [0.05, 0.1) is 25.0 Å². The van der Waals surface area contributed by atoms with Gasteiger partial charge in [-0.15, -0.1) is 11.3 Å². The lowest BCUT2D eigenvalue weighted by Gasteiger charge is -2.06. The molecule has 32 heavy (non-hydrogen) atoms. The minimum Gasteiger partial charge on any atom is -0.497 e. The molecule has 2 amide bonds. The quantitative estimate of drug-likeness (QED) is 0.367. The zero-order valence-electron chi connectivity index (χ0n) is 18.2. The van der Waals surface area contributed by atoms with E-state index in [-0.39, 0.29) is 24.0 Å². The molecule has 6 nitrogen and oxygen atoms in total. The van der Waals surface area contributed by atoms with Crippen LogP contribution in [0, 0.1) is 0 Å². The van der Waals surface area contributed by atoms with Gasteiger partial charge in [0.25, 0.3) is 0 Å². The number of aromatic nitrogens is 1. The van der Waals surface area contributed by atoms with E-state index >= 15 is 0 Å². The van der Waals surface area contributed by atoms with Crippen molar-refractivity contribution in [3.05, 3.63) is 65.2 Å². The van der Waals surface area contributed by atoms with E-state index in [1.807, 2.05) is 35.7 Å². The van der Waals surface area contributed by atoms with E-state index in [1.165, 1.54) is 41.5 Å². The van der Waals surface area contributed by atoms with Gasteiger partial charge in [-0.25, -0.2) is 4.98 Å². The van der Waals surface area contributed by atoms with Gasteiger partial charge in [0.1, 0.15) is 5.75 Å². The Morgan fingerprint density at radius 2 is 1.84 bits per heavy atom. The number of hydrogen-bond donors (Lipinski definition) is 2. The third kappa shape index (κ3) is 7.69. The molecule has 0 aliphatic heterocycles. The number of aryl methyl sites for hydroxylation is 1. The molecule has 0 bridgehead atoms. The highest BCUT2D eigenvalue weighted by atomic mass is 32.2. The Kier molecular flexibility index (Phi) is 9.13. The second kappa shape index (κ2) is 12.3. The summed E-state index contributed by atoms with van der Waals surface area (Å²) >= 11 is 2.78. The predicted octanol–water partition coefficient (Wildman–Crippen LogP) is 5.41. The lowest BCUT2D eigenvalue weighted by atomic mass is 10.1. The van der Waals surface area contributed by atoms with Crippen LogP contribution in [-0.2, 0) is 22.4 Å². The Labute approximate surface area is 196 Å². The molecular weight excluding hydrogens is 442 g/mol. The molecule has 0 atom stereocenters. The Bertz CT molecular complexity index is 1030. The van der Waals surface area contributed by atoms with Gasteiger partial charge in [-0.1, -0.05) is 43.3 Å². The number of carbonyl (C=O) groups is 2. The van der Waals surface area contributed by atoms with E-state index < -0.39 is 0 Å². The molecule has 2 N–H and O–H groups in total. The van der Waals surface area contributed by atoms with Gasteiger partial charge in [-0.2, -0.15) is 0 Å². The maximum absolute atomic E-state index is 12.3. The summed E-state index contributed by atoms with van der Waals surface area (Å²) < 4.78 is 5.92. The zero-order valence-corrected chi connectivity index (χ0v) is 19.9. The second-order valence-corrected chi connectivity index (χ2v) is 9.28. The van der Waals surface area contributed by atoms with Crippen LogP contribution in [0.4, 0.5) is 11.4 Å². The average molecular weight is 470 g/mol. The number of hydrogen-bond acceptors (Lipinski definition) is 6. The number of rotatable bonds is 11. The number of thiazole rings is 1. The molecule has 3 aromatic rings. The van der Waals surface area contributed by atoms with Gasteiger partial charge in [0, 0.05) is 22.8 Å². The van der Waals surface area contributed by atoms with Crippen LogP contribution in [0.15, 0.2) is 58.3 Å². The van der Waals surface area contributed by atoms with Gasteiger partial charge in [0.2, 0.25) is 11.8 Å². The maximum Gasteiger partial charge on any atom is 0.234 e. The fourth-order valence-corrected chi connectivity index (χ4v) is 4.61. The lowest BCUT2D eigenvalue weighted by Crippen LogP contribution is -2.15. The highest BCUT2D eigenvalue weighted by molar-refractivity contribution is 8.01. The fourth-order valence-electron chi connectivity index (χ4n) is 2.97. The highest BCUT2D eigenvalue weighted by Gasteiger charge is 2.11.